The van der Waals surface area contributed by atoms with Gasteiger partial charge in [0.1, 0.15) is 16.4 Å². The maximum Gasteiger partial charge on any atom is 0.256 e. The highest BCUT2D eigenvalue weighted by atomic mass is 32.1. The summed E-state index contributed by atoms with van der Waals surface area (Å²) in [7, 11) is 3.38. The van der Waals surface area contributed by atoms with E-state index in [0.29, 0.717) is 36.7 Å². The Balaban J connectivity index is 2.21. The topological polar surface area (TPSA) is 72.9 Å². The van der Waals surface area contributed by atoms with Gasteiger partial charge in [0.2, 0.25) is 0 Å². The summed E-state index contributed by atoms with van der Waals surface area (Å²) < 4.78 is 11.5. The van der Waals surface area contributed by atoms with Crippen LogP contribution in [0.5, 0.6) is 5.75 Å². The lowest BCUT2D eigenvalue weighted by atomic mass is 9.85. The molecule has 3 rings (SSSR count). The zero-order valence-corrected chi connectivity index (χ0v) is 25.9. The van der Waals surface area contributed by atoms with Crippen LogP contribution < -0.4 is 10.2 Å². The molecular weight excluding hydrogens is 498 g/mol. The van der Waals surface area contributed by atoms with Crippen molar-refractivity contribution in [2.24, 2.45) is 11.8 Å². The standard InChI is InChI=1S/C30H47N3O4S/c1-19(2)15-30(32-37-29(7,8)9)16-22(18-35-10)25(26-31-17-20(3)38-26)33(30)27(34)21-12-13-23(28(4,5)6)24(14-21)36-11/h12-14,17,19,22,25,32H,15-16,18H2,1-11H3/t22-,25-,30+/m1/s1. The number of rotatable bonds is 9. The minimum atomic E-state index is -0.748. The number of nitrogens with one attached hydrogen (secondary N) is 1. The number of methoxy groups -OCH3 is 2. The molecule has 0 aliphatic carbocycles. The first kappa shape index (κ1) is 30.5. The minimum Gasteiger partial charge on any atom is -0.496 e. The van der Waals surface area contributed by atoms with Crippen molar-refractivity contribution in [3.8, 4) is 5.75 Å². The monoisotopic (exact) mass is 545 g/mol. The predicted molar refractivity (Wildman–Crippen MR) is 154 cm³/mol. The Bertz CT molecular complexity index is 1100. The summed E-state index contributed by atoms with van der Waals surface area (Å²) in [5.41, 5.74) is 3.76. The van der Waals surface area contributed by atoms with Gasteiger partial charge >= 0.3 is 0 Å². The lowest BCUT2D eigenvalue weighted by molar-refractivity contribution is -0.146. The number of aryl methyl sites for hydroxylation is 1. The number of thiazole rings is 1. The Kier molecular flexibility index (Phi) is 9.34. The summed E-state index contributed by atoms with van der Waals surface area (Å²) in [6.45, 7) is 19.4. The van der Waals surface area contributed by atoms with Crippen LogP contribution in [0.1, 0.15) is 100 Å². The fourth-order valence-corrected chi connectivity index (χ4v) is 6.41. The molecule has 1 aliphatic rings. The number of carbonyl (C=O) groups excluding carboxylic acids is 1. The zero-order valence-electron chi connectivity index (χ0n) is 25.1. The van der Waals surface area contributed by atoms with Gasteiger partial charge in [-0.2, -0.15) is 5.48 Å². The summed E-state index contributed by atoms with van der Waals surface area (Å²) >= 11 is 1.63. The summed E-state index contributed by atoms with van der Waals surface area (Å²) in [6, 6.07) is 5.55. The highest BCUT2D eigenvalue weighted by Crippen LogP contribution is 2.50. The molecule has 0 radical (unpaired) electrons. The SMILES string of the molecule is COC[C@H]1C[C@@](CC(C)C)(NOC(C)(C)C)N(C(=O)c2ccc(C(C)(C)C)c(OC)c2)[C@H]1c1ncc(C)s1. The van der Waals surface area contributed by atoms with Crippen molar-refractivity contribution >= 4 is 17.2 Å². The van der Waals surface area contributed by atoms with Crippen molar-refractivity contribution in [3.05, 3.63) is 45.4 Å². The van der Waals surface area contributed by atoms with Crippen molar-refractivity contribution in [3.63, 3.8) is 0 Å². The molecule has 2 heterocycles. The third-order valence-corrected chi connectivity index (χ3v) is 7.81. The van der Waals surface area contributed by atoms with E-state index < -0.39 is 11.3 Å². The molecule has 212 valence electrons. The molecule has 1 fully saturated rings. The molecular formula is C30H47N3O4S. The molecule has 1 N–H and O–H groups in total. The van der Waals surface area contributed by atoms with Crippen LogP contribution in [-0.4, -0.2) is 47.9 Å². The second-order valence-electron chi connectivity index (χ2n) is 13.0. The van der Waals surface area contributed by atoms with Crippen molar-refractivity contribution < 1.29 is 19.1 Å². The first-order chi connectivity index (χ1) is 17.6. The molecule has 8 heteroatoms. The van der Waals surface area contributed by atoms with E-state index in [1.165, 1.54) is 0 Å². The maximum absolute atomic E-state index is 14.6. The van der Waals surface area contributed by atoms with Gasteiger partial charge in [-0.05, 0) is 69.6 Å². The molecule has 1 aliphatic heterocycles. The molecule has 0 spiro atoms. The van der Waals surface area contributed by atoms with E-state index in [4.69, 9.17) is 19.3 Å². The first-order valence-corrected chi connectivity index (χ1v) is 14.3. The number of hydroxylamine groups is 1. The lowest BCUT2D eigenvalue weighted by Gasteiger charge is -2.43. The van der Waals surface area contributed by atoms with Crippen molar-refractivity contribution in [2.45, 2.75) is 97.9 Å². The summed E-state index contributed by atoms with van der Waals surface area (Å²) in [4.78, 5) is 28.8. The second kappa shape index (κ2) is 11.6. The molecule has 1 amide bonds. The average molecular weight is 546 g/mol. The van der Waals surface area contributed by atoms with Gasteiger partial charge in [0.15, 0.2) is 0 Å². The molecule has 1 aromatic heterocycles. The van der Waals surface area contributed by atoms with Crippen molar-refractivity contribution in [1.29, 1.82) is 0 Å². The second-order valence-corrected chi connectivity index (χ2v) is 14.2. The molecule has 1 aromatic carbocycles. The van der Waals surface area contributed by atoms with Gasteiger partial charge in [-0.25, -0.2) is 4.98 Å². The number of nitrogens with zero attached hydrogens (tertiary/aromatic N) is 2. The number of likely N-dealkylation sites (tertiary alicyclic amines) is 1. The largest absolute Gasteiger partial charge is 0.496 e. The number of hydrogen-bond donors (Lipinski definition) is 1. The molecule has 1 saturated heterocycles. The molecule has 0 bridgehead atoms. The average Bonchev–Trinajstić information content (AvgIpc) is 3.36. The van der Waals surface area contributed by atoms with Gasteiger partial charge in [0, 0.05) is 29.7 Å². The maximum atomic E-state index is 14.6. The minimum absolute atomic E-state index is 0.0417. The summed E-state index contributed by atoms with van der Waals surface area (Å²) in [6.07, 6.45) is 3.28. The lowest BCUT2D eigenvalue weighted by Crippen LogP contribution is -2.59. The Morgan fingerprint density at radius 3 is 2.39 bits per heavy atom. The van der Waals surface area contributed by atoms with Crippen LogP contribution in [0.2, 0.25) is 0 Å². The third kappa shape index (κ3) is 6.76. The highest BCUT2D eigenvalue weighted by Gasteiger charge is 2.56. The van der Waals surface area contributed by atoms with E-state index in [2.05, 4.69) is 40.1 Å². The van der Waals surface area contributed by atoms with Crippen LogP contribution >= 0.6 is 11.3 Å². The van der Waals surface area contributed by atoms with E-state index in [0.717, 1.165) is 15.4 Å². The number of benzene rings is 1. The van der Waals surface area contributed by atoms with Gasteiger partial charge in [-0.1, -0.05) is 40.7 Å². The van der Waals surface area contributed by atoms with Gasteiger partial charge in [-0.3, -0.25) is 9.63 Å². The molecule has 0 unspecified atom stereocenters. The zero-order chi connectivity index (χ0) is 28.5. The number of aromatic nitrogens is 1. The predicted octanol–water partition coefficient (Wildman–Crippen LogP) is 6.67. The van der Waals surface area contributed by atoms with Crippen molar-refractivity contribution in [1.82, 2.24) is 15.4 Å². The fourth-order valence-electron chi connectivity index (χ4n) is 5.45. The normalized spacial score (nSPS) is 22.4. The van der Waals surface area contributed by atoms with Gasteiger partial charge in [-0.15, -0.1) is 11.3 Å². The van der Waals surface area contributed by atoms with Gasteiger partial charge in [0.05, 0.1) is 25.4 Å². The Hall–Kier alpha value is -2.00. The summed E-state index contributed by atoms with van der Waals surface area (Å²) in [5.74, 6) is 0.982. The quantitative estimate of drug-likeness (QED) is 0.355. The molecule has 2 aromatic rings. The van der Waals surface area contributed by atoms with Crippen LogP contribution in [0.4, 0.5) is 0 Å². The van der Waals surface area contributed by atoms with Crippen LogP contribution in [0.3, 0.4) is 0 Å². The third-order valence-electron chi connectivity index (χ3n) is 6.83. The van der Waals surface area contributed by atoms with E-state index in [1.54, 1.807) is 25.6 Å². The molecule has 38 heavy (non-hydrogen) atoms. The van der Waals surface area contributed by atoms with E-state index in [1.807, 2.05) is 57.0 Å². The van der Waals surface area contributed by atoms with E-state index in [9.17, 15) is 4.79 Å². The van der Waals surface area contributed by atoms with E-state index >= 15 is 0 Å². The molecule has 0 saturated carbocycles. The van der Waals surface area contributed by atoms with E-state index in [-0.39, 0.29) is 23.3 Å². The molecule has 3 atom stereocenters. The van der Waals surface area contributed by atoms with Crippen LogP contribution in [0, 0.1) is 18.8 Å². The van der Waals surface area contributed by atoms with Crippen LogP contribution in [0.25, 0.3) is 0 Å². The van der Waals surface area contributed by atoms with Gasteiger partial charge < -0.3 is 14.4 Å². The fraction of sp³-hybridized carbons (Fsp3) is 0.667. The molecule has 7 nitrogen and oxygen atoms in total. The van der Waals surface area contributed by atoms with Crippen molar-refractivity contribution in [2.75, 3.05) is 20.8 Å². The Labute approximate surface area is 233 Å². The number of hydrogen-bond acceptors (Lipinski definition) is 7. The van der Waals surface area contributed by atoms with Crippen LogP contribution in [0.15, 0.2) is 24.4 Å². The Morgan fingerprint density at radius 1 is 1.21 bits per heavy atom. The Morgan fingerprint density at radius 2 is 1.89 bits per heavy atom. The van der Waals surface area contributed by atoms with Crippen LogP contribution in [-0.2, 0) is 15.0 Å². The number of ether oxygens (including phenoxy) is 2. The highest BCUT2D eigenvalue weighted by molar-refractivity contribution is 7.11. The van der Waals surface area contributed by atoms with Gasteiger partial charge in [0.25, 0.3) is 5.91 Å². The smallest absolute Gasteiger partial charge is 0.256 e. The first-order valence-electron chi connectivity index (χ1n) is 13.5. The number of carbonyl (C=O) groups is 1. The summed E-state index contributed by atoms with van der Waals surface area (Å²) in [5, 5.41) is 0.916. The number of amides is 1.